The van der Waals surface area contributed by atoms with Crippen molar-refractivity contribution in [3.63, 3.8) is 0 Å². The summed E-state index contributed by atoms with van der Waals surface area (Å²) < 4.78 is 5.68. The minimum absolute atomic E-state index is 0.126. The van der Waals surface area contributed by atoms with Crippen molar-refractivity contribution in [1.29, 1.82) is 0 Å². The van der Waals surface area contributed by atoms with Gasteiger partial charge in [0.25, 0.3) is 5.19 Å². The van der Waals surface area contributed by atoms with Crippen molar-refractivity contribution in [3.8, 4) is 5.19 Å². The van der Waals surface area contributed by atoms with E-state index >= 15 is 0 Å². The van der Waals surface area contributed by atoms with Crippen LogP contribution in [-0.4, -0.2) is 60.0 Å². The number of piperidine rings is 1. The normalized spacial score (nSPS) is 22.3. The minimum Gasteiger partial charge on any atom is -0.463 e. The van der Waals surface area contributed by atoms with Crippen LogP contribution >= 0.6 is 11.3 Å². The average molecular weight is 281 g/mol. The van der Waals surface area contributed by atoms with E-state index in [1.807, 2.05) is 10.3 Å². The molecule has 3 heterocycles. The van der Waals surface area contributed by atoms with Gasteiger partial charge in [0.2, 0.25) is 5.91 Å². The first-order valence-electron chi connectivity index (χ1n) is 6.76. The molecule has 2 saturated heterocycles. The molecule has 0 bridgehead atoms. The van der Waals surface area contributed by atoms with E-state index in [2.05, 4.69) is 16.9 Å². The van der Waals surface area contributed by atoms with Crippen molar-refractivity contribution in [2.45, 2.75) is 18.9 Å². The number of likely N-dealkylation sites (tertiary alicyclic amines) is 2. The molecular formula is C13H19N3O2S. The first-order chi connectivity index (χ1) is 9.22. The molecule has 2 aliphatic heterocycles. The zero-order chi connectivity index (χ0) is 13.2. The number of rotatable bonds is 3. The molecule has 0 spiro atoms. The van der Waals surface area contributed by atoms with Crippen LogP contribution < -0.4 is 4.74 Å². The number of amides is 1. The number of hydrogen-bond acceptors (Lipinski definition) is 5. The van der Waals surface area contributed by atoms with Gasteiger partial charge in [-0.1, -0.05) is 11.3 Å². The third-order valence-electron chi connectivity index (χ3n) is 3.90. The Morgan fingerprint density at radius 2 is 2.16 bits per heavy atom. The highest BCUT2D eigenvalue weighted by Gasteiger charge is 2.36. The van der Waals surface area contributed by atoms with E-state index in [-0.39, 0.29) is 12.0 Å². The van der Waals surface area contributed by atoms with Crippen LogP contribution in [0.2, 0.25) is 0 Å². The van der Waals surface area contributed by atoms with Gasteiger partial charge in [-0.3, -0.25) is 4.79 Å². The van der Waals surface area contributed by atoms with E-state index in [0.717, 1.165) is 25.9 Å². The second-order valence-electron chi connectivity index (χ2n) is 5.36. The van der Waals surface area contributed by atoms with Crippen molar-refractivity contribution >= 4 is 17.2 Å². The van der Waals surface area contributed by atoms with Crippen LogP contribution in [0.15, 0.2) is 11.6 Å². The standard InChI is InChI=1S/C13H19N3O2S/c1-15-5-2-10(3-6-15)12(17)16-8-11(9-16)18-13-14-4-7-19-13/h4,7,10-11H,2-3,5-6,8-9H2,1H3. The first-order valence-corrected chi connectivity index (χ1v) is 7.64. The van der Waals surface area contributed by atoms with Crippen LogP contribution in [0.25, 0.3) is 0 Å². The Morgan fingerprint density at radius 1 is 1.42 bits per heavy atom. The fourth-order valence-corrected chi connectivity index (χ4v) is 3.17. The number of thiazole rings is 1. The van der Waals surface area contributed by atoms with Gasteiger partial charge in [-0.05, 0) is 33.0 Å². The maximum Gasteiger partial charge on any atom is 0.273 e. The lowest BCUT2D eigenvalue weighted by molar-refractivity contribution is -0.145. The van der Waals surface area contributed by atoms with Crippen LogP contribution in [0, 0.1) is 5.92 Å². The third kappa shape index (κ3) is 2.90. The highest BCUT2D eigenvalue weighted by Crippen LogP contribution is 2.24. The number of hydrogen-bond donors (Lipinski definition) is 0. The van der Waals surface area contributed by atoms with Gasteiger partial charge in [0.1, 0.15) is 6.10 Å². The van der Waals surface area contributed by atoms with E-state index in [1.165, 1.54) is 11.3 Å². The van der Waals surface area contributed by atoms with E-state index in [4.69, 9.17) is 4.74 Å². The molecule has 1 amide bonds. The molecule has 0 N–H and O–H groups in total. The molecule has 1 aromatic rings. The predicted molar refractivity (Wildman–Crippen MR) is 73.3 cm³/mol. The Hall–Kier alpha value is -1.14. The van der Waals surface area contributed by atoms with E-state index < -0.39 is 0 Å². The number of aromatic nitrogens is 1. The van der Waals surface area contributed by atoms with Crippen molar-refractivity contribution in [2.24, 2.45) is 5.92 Å². The Bertz CT molecular complexity index is 423. The smallest absolute Gasteiger partial charge is 0.273 e. The Morgan fingerprint density at radius 3 is 2.79 bits per heavy atom. The molecule has 2 aliphatic rings. The second-order valence-corrected chi connectivity index (χ2v) is 6.22. The molecule has 3 rings (SSSR count). The van der Waals surface area contributed by atoms with Crippen LogP contribution in [-0.2, 0) is 4.79 Å². The molecule has 5 nitrogen and oxygen atoms in total. The van der Waals surface area contributed by atoms with Gasteiger partial charge in [0.15, 0.2) is 0 Å². The van der Waals surface area contributed by atoms with Gasteiger partial charge in [-0.15, -0.1) is 0 Å². The van der Waals surface area contributed by atoms with Gasteiger partial charge in [-0.25, -0.2) is 4.98 Å². The van der Waals surface area contributed by atoms with E-state index in [9.17, 15) is 4.79 Å². The van der Waals surface area contributed by atoms with Crippen LogP contribution in [0.5, 0.6) is 5.19 Å². The van der Waals surface area contributed by atoms with Crippen molar-refractivity contribution in [3.05, 3.63) is 11.6 Å². The minimum atomic E-state index is 0.126. The highest BCUT2D eigenvalue weighted by atomic mass is 32.1. The molecule has 0 saturated carbocycles. The lowest BCUT2D eigenvalue weighted by atomic mass is 9.94. The number of carbonyl (C=O) groups excluding carboxylic acids is 1. The second kappa shape index (κ2) is 5.46. The molecule has 6 heteroatoms. The first kappa shape index (κ1) is 12.9. The van der Waals surface area contributed by atoms with Gasteiger partial charge in [-0.2, -0.15) is 0 Å². The van der Waals surface area contributed by atoms with Gasteiger partial charge in [0, 0.05) is 17.5 Å². The molecule has 0 radical (unpaired) electrons. The van der Waals surface area contributed by atoms with Crippen molar-refractivity contribution in [1.82, 2.24) is 14.8 Å². The highest BCUT2D eigenvalue weighted by molar-refractivity contribution is 7.11. The summed E-state index contributed by atoms with van der Waals surface area (Å²) in [6.07, 6.45) is 3.84. The molecular weight excluding hydrogens is 262 g/mol. The van der Waals surface area contributed by atoms with Crippen LogP contribution in [0.3, 0.4) is 0 Å². The maximum absolute atomic E-state index is 12.3. The molecule has 0 atom stereocenters. The fourth-order valence-electron chi connectivity index (χ4n) is 2.62. The lowest BCUT2D eigenvalue weighted by Crippen LogP contribution is -2.58. The van der Waals surface area contributed by atoms with Crippen LogP contribution in [0.4, 0.5) is 0 Å². The SMILES string of the molecule is CN1CCC(C(=O)N2CC(Oc3nccs3)C2)CC1. The van der Waals surface area contributed by atoms with Gasteiger partial charge < -0.3 is 14.5 Å². The molecule has 19 heavy (non-hydrogen) atoms. The van der Waals surface area contributed by atoms with Crippen molar-refractivity contribution < 1.29 is 9.53 Å². The molecule has 0 unspecified atom stereocenters. The fraction of sp³-hybridized carbons (Fsp3) is 0.692. The van der Waals surface area contributed by atoms with Gasteiger partial charge >= 0.3 is 0 Å². The van der Waals surface area contributed by atoms with Crippen LogP contribution in [0.1, 0.15) is 12.8 Å². The monoisotopic (exact) mass is 281 g/mol. The lowest BCUT2D eigenvalue weighted by Gasteiger charge is -2.41. The maximum atomic E-state index is 12.3. The van der Waals surface area contributed by atoms with Gasteiger partial charge in [0.05, 0.1) is 13.1 Å². The number of nitrogens with zero attached hydrogens (tertiary/aromatic N) is 3. The largest absolute Gasteiger partial charge is 0.463 e. The summed E-state index contributed by atoms with van der Waals surface area (Å²) in [7, 11) is 2.11. The molecule has 0 aromatic carbocycles. The van der Waals surface area contributed by atoms with E-state index in [1.54, 1.807) is 6.20 Å². The molecule has 0 aliphatic carbocycles. The van der Waals surface area contributed by atoms with Crippen molar-refractivity contribution in [2.75, 3.05) is 33.2 Å². The molecule has 1 aromatic heterocycles. The Balaban J connectivity index is 1.44. The summed E-state index contributed by atoms with van der Waals surface area (Å²) in [5.74, 6) is 0.532. The predicted octanol–water partition coefficient (Wildman–Crippen LogP) is 1.07. The third-order valence-corrected chi connectivity index (χ3v) is 4.57. The number of ether oxygens (including phenoxy) is 1. The summed E-state index contributed by atoms with van der Waals surface area (Å²) in [5.41, 5.74) is 0. The Labute approximate surface area is 117 Å². The summed E-state index contributed by atoms with van der Waals surface area (Å²) >= 11 is 1.50. The Kier molecular flexibility index (Phi) is 3.70. The number of carbonyl (C=O) groups is 1. The zero-order valence-electron chi connectivity index (χ0n) is 11.1. The quantitative estimate of drug-likeness (QED) is 0.831. The summed E-state index contributed by atoms with van der Waals surface area (Å²) in [6, 6.07) is 0. The molecule has 104 valence electrons. The summed E-state index contributed by atoms with van der Waals surface area (Å²) in [5, 5.41) is 2.60. The van der Waals surface area contributed by atoms with E-state index in [0.29, 0.717) is 24.2 Å². The molecule has 2 fully saturated rings. The summed E-state index contributed by atoms with van der Waals surface area (Å²) in [6.45, 7) is 3.49. The topological polar surface area (TPSA) is 45.7 Å². The average Bonchev–Trinajstić information content (AvgIpc) is 2.86. The zero-order valence-corrected chi connectivity index (χ0v) is 11.9. The summed E-state index contributed by atoms with van der Waals surface area (Å²) in [4.78, 5) is 20.6.